The minimum atomic E-state index is -2.75. The zero-order valence-electron chi connectivity index (χ0n) is 14.1. The van der Waals surface area contributed by atoms with Crippen molar-refractivity contribution in [2.75, 3.05) is 5.32 Å². The number of nitrogens with zero attached hydrogens (tertiary/aromatic N) is 2. The number of rotatable bonds is 6. The topological polar surface area (TPSA) is 84.2 Å². The molecule has 2 N–H and O–H groups in total. The maximum Gasteiger partial charge on any atom is 0.333 e. The number of hydrogen-bond acceptors (Lipinski definition) is 3. The number of aromatic nitrogens is 2. The summed E-state index contributed by atoms with van der Waals surface area (Å²) in [4.78, 5) is 23.1. The molecule has 1 aromatic carbocycles. The van der Waals surface area contributed by atoms with Gasteiger partial charge in [-0.1, -0.05) is 12.1 Å². The molecule has 0 bridgehead atoms. The summed E-state index contributed by atoms with van der Waals surface area (Å²) in [6.45, 7) is 1.90. The van der Waals surface area contributed by atoms with Gasteiger partial charge in [-0.3, -0.25) is 9.59 Å². The second kappa shape index (κ2) is 7.42. The Morgan fingerprint density at radius 2 is 1.84 bits per heavy atom. The van der Waals surface area contributed by atoms with E-state index in [-0.39, 0.29) is 18.0 Å². The molecule has 0 fully saturated rings. The molecule has 1 atom stereocenters. The zero-order valence-corrected chi connectivity index (χ0v) is 14.1. The summed E-state index contributed by atoms with van der Waals surface area (Å²) in [6.07, 6.45) is -0.0718. The summed E-state index contributed by atoms with van der Waals surface area (Å²) in [7, 11) is 0. The highest BCUT2D eigenvalue weighted by Crippen LogP contribution is 2.21. The van der Waals surface area contributed by atoms with Gasteiger partial charge in [0.15, 0.2) is 0 Å². The lowest BCUT2D eigenvalue weighted by Crippen LogP contribution is -2.15. The first-order valence-electron chi connectivity index (χ1n) is 7.66. The normalized spacial score (nSPS) is 12.2. The summed E-state index contributed by atoms with van der Waals surface area (Å²) < 4.78 is 26.2. The third-order valence-electron chi connectivity index (χ3n) is 4.06. The minimum Gasteiger partial charge on any atom is -0.481 e. The number of benzene rings is 1. The van der Waals surface area contributed by atoms with Gasteiger partial charge in [-0.25, -0.2) is 4.68 Å². The van der Waals surface area contributed by atoms with E-state index in [2.05, 4.69) is 10.4 Å². The number of carbonyl (C=O) groups is 2. The van der Waals surface area contributed by atoms with Crippen LogP contribution in [0.4, 0.5) is 14.5 Å². The summed E-state index contributed by atoms with van der Waals surface area (Å²) in [6, 6.07) is 6.46. The Bertz CT molecular complexity index is 785. The average Bonchev–Trinajstić information content (AvgIpc) is 2.83. The average molecular weight is 351 g/mol. The van der Waals surface area contributed by atoms with Crippen LogP contribution in [-0.2, 0) is 16.0 Å². The highest BCUT2D eigenvalue weighted by molar-refractivity contribution is 5.92. The first-order chi connectivity index (χ1) is 11.7. The predicted molar refractivity (Wildman–Crippen MR) is 87.8 cm³/mol. The number of carbonyl (C=O) groups excluding carboxylic acids is 1. The minimum absolute atomic E-state index is 0.0718. The Kier molecular flexibility index (Phi) is 5.51. The molecule has 2 rings (SSSR count). The van der Waals surface area contributed by atoms with Gasteiger partial charge in [0.2, 0.25) is 5.91 Å². The van der Waals surface area contributed by atoms with Crippen molar-refractivity contribution in [1.82, 2.24) is 9.78 Å². The molecular weight excluding hydrogens is 332 g/mol. The van der Waals surface area contributed by atoms with Gasteiger partial charge in [-0.2, -0.15) is 13.9 Å². The van der Waals surface area contributed by atoms with Crippen molar-refractivity contribution < 1.29 is 23.5 Å². The number of carboxylic acid groups (broad SMARTS) is 1. The van der Waals surface area contributed by atoms with Crippen LogP contribution in [0.1, 0.15) is 41.9 Å². The van der Waals surface area contributed by atoms with E-state index < -0.39 is 18.4 Å². The predicted octanol–water partition coefficient (Wildman–Crippen LogP) is 3.26. The maximum absolute atomic E-state index is 12.8. The van der Waals surface area contributed by atoms with E-state index in [4.69, 9.17) is 5.11 Å². The molecule has 1 unspecified atom stereocenters. The fourth-order valence-corrected chi connectivity index (χ4v) is 2.51. The lowest BCUT2D eigenvalue weighted by atomic mass is 10.0. The van der Waals surface area contributed by atoms with Crippen LogP contribution in [0.25, 0.3) is 0 Å². The van der Waals surface area contributed by atoms with Gasteiger partial charge in [0.1, 0.15) is 0 Å². The quantitative estimate of drug-likeness (QED) is 0.837. The Morgan fingerprint density at radius 3 is 2.32 bits per heavy atom. The molecule has 0 aliphatic rings. The van der Waals surface area contributed by atoms with Gasteiger partial charge in [-0.05, 0) is 38.5 Å². The van der Waals surface area contributed by atoms with Crippen molar-refractivity contribution in [3.05, 3.63) is 46.8 Å². The Morgan fingerprint density at radius 1 is 1.24 bits per heavy atom. The first-order valence-corrected chi connectivity index (χ1v) is 7.66. The van der Waals surface area contributed by atoms with Crippen molar-refractivity contribution in [2.24, 2.45) is 0 Å². The number of hydrogen-bond donors (Lipinski definition) is 2. The van der Waals surface area contributed by atoms with E-state index in [1.165, 1.54) is 6.92 Å². The monoisotopic (exact) mass is 351 g/mol. The molecule has 134 valence electrons. The van der Waals surface area contributed by atoms with E-state index in [0.29, 0.717) is 27.2 Å². The number of halogens is 2. The van der Waals surface area contributed by atoms with Crippen molar-refractivity contribution in [3.63, 3.8) is 0 Å². The number of nitrogens with one attached hydrogen (secondary N) is 1. The zero-order chi connectivity index (χ0) is 18.7. The lowest BCUT2D eigenvalue weighted by molar-refractivity contribution is -0.138. The lowest BCUT2D eigenvalue weighted by Gasteiger charge is -2.09. The molecule has 0 saturated heterocycles. The summed E-state index contributed by atoms with van der Waals surface area (Å²) in [5, 5.41) is 15.4. The summed E-state index contributed by atoms with van der Waals surface area (Å²) >= 11 is 0. The van der Waals surface area contributed by atoms with E-state index in [1.807, 2.05) is 0 Å². The highest BCUT2D eigenvalue weighted by atomic mass is 19.3. The number of anilines is 1. The van der Waals surface area contributed by atoms with Crippen LogP contribution < -0.4 is 5.32 Å². The molecule has 0 spiro atoms. The van der Waals surface area contributed by atoms with Crippen molar-refractivity contribution in [1.29, 1.82) is 0 Å². The molecule has 2 aromatic rings. The molecule has 1 amide bonds. The van der Waals surface area contributed by atoms with Crippen LogP contribution in [0.3, 0.4) is 0 Å². The maximum atomic E-state index is 12.8. The molecular formula is C17H19F2N3O3. The first kappa shape index (κ1) is 18.6. The molecule has 0 saturated carbocycles. The molecule has 0 aliphatic heterocycles. The number of aryl methyl sites for hydroxylation is 1. The molecule has 25 heavy (non-hydrogen) atoms. The van der Waals surface area contributed by atoms with Gasteiger partial charge < -0.3 is 10.4 Å². The summed E-state index contributed by atoms with van der Waals surface area (Å²) in [5.41, 5.74) is 2.24. The van der Waals surface area contributed by atoms with Gasteiger partial charge in [0.05, 0.1) is 18.0 Å². The third kappa shape index (κ3) is 4.20. The van der Waals surface area contributed by atoms with Crippen LogP contribution in [0.5, 0.6) is 0 Å². The van der Waals surface area contributed by atoms with Gasteiger partial charge in [0, 0.05) is 16.9 Å². The SMILES string of the molecule is Cc1nn(C(F)F)c(C)c1CC(=O)Nc1ccc(C(C)C(=O)O)cc1. The third-order valence-corrected chi connectivity index (χ3v) is 4.06. The van der Waals surface area contributed by atoms with Crippen molar-refractivity contribution >= 4 is 17.6 Å². The van der Waals surface area contributed by atoms with Crippen LogP contribution in [0, 0.1) is 13.8 Å². The van der Waals surface area contributed by atoms with Crippen molar-refractivity contribution in [3.8, 4) is 0 Å². The summed E-state index contributed by atoms with van der Waals surface area (Å²) in [5.74, 6) is -1.94. The van der Waals surface area contributed by atoms with E-state index in [9.17, 15) is 18.4 Å². The largest absolute Gasteiger partial charge is 0.481 e. The fourth-order valence-electron chi connectivity index (χ4n) is 2.51. The van der Waals surface area contributed by atoms with Crippen LogP contribution in [0.15, 0.2) is 24.3 Å². The number of aliphatic carboxylic acids is 1. The molecule has 6 nitrogen and oxygen atoms in total. The second-order valence-electron chi connectivity index (χ2n) is 5.78. The van der Waals surface area contributed by atoms with E-state index in [1.54, 1.807) is 38.1 Å². The molecule has 1 heterocycles. The fraction of sp³-hybridized carbons (Fsp3) is 0.353. The molecule has 8 heteroatoms. The Hall–Kier alpha value is -2.77. The van der Waals surface area contributed by atoms with Crippen LogP contribution >= 0.6 is 0 Å². The smallest absolute Gasteiger partial charge is 0.333 e. The van der Waals surface area contributed by atoms with Crippen molar-refractivity contribution in [2.45, 2.75) is 39.7 Å². The molecule has 0 radical (unpaired) electrons. The Balaban J connectivity index is 2.07. The van der Waals surface area contributed by atoms with Crippen LogP contribution in [-0.4, -0.2) is 26.8 Å². The standard InChI is InChI=1S/C17H19F2N3O3/c1-9(16(24)25)12-4-6-13(7-5-12)20-15(23)8-14-10(2)21-22(11(14)3)17(18)19/h4-7,9,17H,8H2,1-3H3,(H,20,23)(H,24,25). The second-order valence-corrected chi connectivity index (χ2v) is 5.78. The molecule has 1 aromatic heterocycles. The number of amides is 1. The Labute approximate surface area is 143 Å². The van der Waals surface area contributed by atoms with E-state index >= 15 is 0 Å². The highest BCUT2D eigenvalue weighted by Gasteiger charge is 2.19. The van der Waals surface area contributed by atoms with Gasteiger partial charge in [0.25, 0.3) is 0 Å². The van der Waals surface area contributed by atoms with Crippen LogP contribution in [0.2, 0.25) is 0 Å². The number of carboxylic acids is 1. The van der Waals surface area contributed by atoms with Gasteiger partial charge in [-0.15, -0.1) is 0 Å². The molecule has 0 aliphatic carbocycles. The number of alkyl halides is 2. The van der Waals surface area contributed by atoms with Gasteiger partial charge >= 0.3 is 12.5 Å². The van der Waals surface area contributed by atoms with E-state index in [0.717, 1.165) is 0 Å².